The monoisotopic (exact) mass is 354 g/mol. The lowest BCUT2D eigenvalue weighted by atomic mass is 9.96. The Labute approximate surface area is 142 Å². The minimum atomic E-state index is -2.99. The summed E-state index contributed by atoms with van der Waals surface area (Å²) >= 11 is 0. The van der Waals surface area contributed by atoms with Gasteiger partial charge in [-0.25, -0.2) is 12.8 Å². The van der Waals surface area contributed by atoms with Crippen LogP contribution in [0.2, 0.25) is 0 Å². The quantitative estimate of drug-likeness (QED) is 0.886. The summed E-state index contributed by atoms with van der Waals surface area (Å²) in [5.41, 5.74) is 0.901. The highest BCUT2D eigenvalue weighted by Gasteiger charge is 2.32. The molecule has 0 aromatic heterocycles. The Kier molecular flexibility index (Phi) is 5.20. The molecule has 0 saturated carbocycles. The number of carbonyl (C=O) groups excluding carboxylic acids is 1. The second-order valence-electron chi connectivity index (χ2n) is 6.81. The number of hydrogen-bond donors (Lipinski definition) is 1. The van der Waals surface area contributed by atoms with Crippen molar-refractivity contribution in [3.63, 3.8) is 0 Å². The molecule has 0 bridgehead atoms. The molecule has 2 aliphatic heterocycles. The summed E-state index contributed by atoms with van der Waals surface area (Å²) in [5, 5.41) is 2.89. The number of carbonyl (C=O) groups is 1. The summed E-state index contributed by atoms with van der Waals surface area (Å²) in [7, 11) is -2.99. The van der Waals surface area contributed by atoms with Gasteiger partial charge in [0.15, 0.2) is 9.84 Å². The summed E-state index contributed by atoms with van der Waals surface area (Å²) in [6, 6.07) is 6.27. The maximum atomic E-state index is 13.3. The van der Waals surface area contributed by atoms with E-state index < -0.39 is 9.84 Å². The normalized spacial score (nSPS) is 27.0. The average Bonchev–Trinajstić information content (AvgIpc) is 2.86. The number of piperidine rings is 1. The van der Waals surface area contributed by atoms with Gasteiger partial charge in [0.1, 0.15) is 5.82 Å². The van der Waals surface area contributed by atoms with Gasteiger partial charge in [0.2, 0.25) is 5.91 Å². The summed E-state index contributed by atoms with van der Waals surface area (Å²) in [6.07, 6.45) is 2.23. The molecule has 0 radical (unpaired) electrons. The van der Waals surface area contributed by atoms with E-state index in [4.69, 9.17) is 0 Å². The zero-order valence-corrected chi connectivity index (χ0v) is 14.4. The summed E-state index contributed by atoms with van der Waals surface area (Å²) in [6.45, 7) is 2.14. The maximum Gasteiger partial charge on any atom is 0.224 e. The maximum absolute atomic E-state index is 13.3. The number of nitrogens with zero attached hydrogens (tertiary/aromatic N) is 1. The van der Waals surface area contributed by atoms with Gasteiger partial charge in [-0.1, -0.05) is 12.1 Å². The Morgan fingerprint density at radius 1 is 1.33 bits per heavy atom. The standard InChI is InChI=1S/C17H23FN2O3S/c18-15-5-1-3-13(9-15)10-20-7-2-4-14(11-20)17(21)19-16-6-8-24(22,23)12-16/h1,3,5,9,14,16H,2,4,6-8,10-12H2,(H,19,21)/t14-,16+/m1/s1. The average molecular weight is 354 g/mol. The van der Waals surface area contributed by atoms with Crippen LogP contribution in [-0.4, -0.2) is 49.9 Å². The Balaban J connectivity index is 1.54. The van der Waals surface area contributed by atoms with Gasteiger partial charge in [0.05, 0.1) is 17.4 Å². The van der Waals surface area contributed by atoms with E-state index in [-0.39, 0.29) is 35.2 Å². The molecule has 3 rings (SSSR count). The molecule has 1 N–H and O–H groups in total. The Morgan fingerprint density at radius 3 is 2.88 bits per heavy atom. The number of likely N-dealkylation sites (tertiary alicyclic amines) is 1. The molecule has 2 heterocycles. The molecular weight excluding hydrogens is 331 g/mol. The predicted molar refractivity (Wildman–Crippen MR) is 89.6 cm³/mol. The van der Waals surface area contributed by atoms with E-state index in [9.17, 15) is 17.6 Å². The van der Waals surface area contributed by atoms with Crippen molar-refractivity contribution in [1.29, 1.82) is 0 Å². The van der Waals surface area contributed by atoms with E-state index in [0.29, 0.717) is 19.5 Å². The molecule has 1 amide bonds. The van der Waals surface area contributed by atoms with Crippen LogP contribution in [0.4, 0.5) is 4.39 Å². The highest BCUT2D eigenvalue weighted by molar-refractivity contribution is 7.91. The largest absolute Gasteiger partial charge is 0.352 e. The van der Waals surface area contributed by atoms with E-state index in [2.05, 4.69) is 10.2 Å². The zero-order chi connectivity index (χ0) is 17.2. The third-order valence-electron chi connectivity index (χ3n) is 4.75. The zero-order valence-electron chi connectivity index (χ0n) is 13.6. The number of halogens is 1. The van der Waals surface area contributed by atoms with Crippen LogP contribution in [0.1, 0.15) is 24.8 Å². The van der Waals surface area contributed by atoms with Crippen LogP contribution in [0, 0.1) is 11.7 Å². The molecule has 2 fully saturated rings. The van der Waals surface area contributed by atoms with E-state index in [1.54, 1.807) is 6.07 Å². The second kappa shape index (κ2) is 7.19. The lowest BCUT2D eigenvalue weighted by Crippen LogP contribution is -2.46. The number of nitrogens with one attached hydrogen (secondary N) is 1. The minimum absolute atomic E-state index is 0.0540. The third-order valence-corrected chi connectivity index (χ3v) is 6.52. The highest BCUT2D eigenvalue weighted by atomic mass is 32.2. The molecule has 7 heteroatoms. The first-order chi connectivity index (χ1) is 11.4. The molecule has 132 valence electrons. The topological polar surface area (TPSA) is 66.5 Å². The molecule has 0 unspecified atom stereocenters. The number of amides is 1. The van der Waals surface area contributed by atoms with E-state index in [0.717, 1.165) is 24.9 Å². The lowest BCUT2D eigenvalue weighted by Gasteiger charge is -2.32. The molecular formula is C17H23FN2O3S. The first kappa shape index (κ1) is 17.4. The van der Waals surface area contributed by atoms with Crippen molar-refractivity contribution in [1.82, 2.24) is 10.2 Å². The van der Waals surface area contributed by atoms with Crippen LogP contribution in [0.15, 0.2) is 24.3 Å². The fourth-order valence-corrected chi connectivity index (χ4v) is 5.21. The molecule has 0 aliphatic carbocycles. The van der Waals surface area contributed by atoms with Gasteiger partial charge < -0.3 is 5.32 Å². The smallest absolute Gasteiger partial charge is 0.224 e. The van der Waals surface area contributed by atoms with Gasteiger partial charge in [-0.2, -0.15) is 0 Å². The van der Waals surface area contributed by atoms with Gasteiger partial charge in [-0.15, -0.1) is 0 Å². The molecule has 24 heavy (non-hydrogen) atoms. The number of rotatable bonds is 4. The van der Waals surface area contributed by atoms with Crippen LogP contribution < -0.4 is 5.32 Å². The molecule has 1 aromatic carbocycles. The second-order valence-corrected chi connectivity index (χ2v) is 9.04. The molecule has 2 atom stereocenters. The van der Waals surface area contributed by atoms with Crippen molar-refractivity contribution in [2.45, 2.75) is 31.8 Å². The van der Waals surface area contributed by atoms with Crippen LogP contribution >= 0.6 is 0 Å². The van der Waals surface area contributed by atoms with Crippen molar-refractivity contribution < 1.29 is 17.6 Å². The lowest BCUT2D eigenvalue weighted by molar-refractivity contribution is -0.127. The summed E-state index contributed by atoms with van der Waals surface area (Å²) < 4.78 is 36.3. The fraction of sp³-hybridized carbons (Fsp3) is 0.588. The van der Waals surface area contributed by atoms with Gasteiger partial charge in [0, 0.05) is 19.1 Å². The summed E-state index contributed by atoms with van der Waals surface area (Å²) in [5.74, 6) is -0.217. The Bertz CT molecular complexity index is 708. The van der Waals surface area contributed by atoms with E-state index in [1.165, 1.54) is 12.1 Å². The summed E-state index contributed by atoms with van der Waals surface area (Å²) in [4.78, 5) is 14.6. The highest BCUT2D eigenvalue weighted by Crippen LogP contribution is 2.20. The Hall–Kier alpha value is -1.47. The third kappa shape index (κ3) is 4.54. The minimum Gasteiger partial charge on any atom is -0.352 e. The predicted octanol–water partition coefficient (Wildman–Crippen LogP) is 1.34. The van der Waals surface area contributed by atoms with E-state index in [1.807, 2.05) is 6.07 Å². The molecule has 5 nitrogen and oxygen atoms in total. The van der Waals surface area contributed by atoms with Gasteiger partial charge >= 0.3 is 0 Å². The number of sulfone groups is 1. The van der Waals surface area contributed by atoms with Crippen molar-refractivity contribution in [2.75, 3.05) is 24.6 Å². The van der Waals surface area contributed by atoms with Gasteiger partial charge in [-0.05, 0) is 43.5 Å². The first-order valence-corrected chi connectivity index (χ1v) is 10.2. The van der Waals surface area contributed by atoms with Crippen molar-refractivity contribution in [3.8, 4) is 0 Å². The molecule has 1 aromatic rings. The van der Waals surface area contributed by atoms with Crippen molar-refractivity contribution in [2.24, 2.45) is 5.92 Å². The first-order valence-electron chi connectivity index (χ1n) is 8.39. The van der Waals surface area contributed by atoms with Gasteiger partial charge in [-0.3, -0.25) is 9.69 Å². The molecule has 2 aliphatic rings. The molecule has 0 spiro atoms. The van der Waals surface area contributed by atoms with Crippen LogP contribution in [0.25, 0.3) is 0 Å². The van der Waals surface area contributed by atoms with Crippen LogP contribution in [0.3, 0.4) is 0 Å². The van der Waals surface area contributed by atoms with Crippen molar-refractivity contribution >= 4 is 15.7 Å². The number of benzene rings is 1. The van der Waals surface area contributed by atoms with E-state index >= 15 is 0 Å². The fourth-order valence-electron chi connectivity index (χ4n) is 3.53. The Morgan fingerprint density at radius 2 is 2.17 bits per heavy atom. The van der Waals surface area contributed by atoms with Crippen LogP contribution in [-0.2, 0) is 21.2 Å². The number of hydrogen-bond acceptors (Lipinski definition) is 4. The van der Waals surface area contributed by atoms with Crippen molar-refractivity contribution in [3.05, 3.63) is 35.6 Å². The van der Waals surface area contributed by atoms with Crippen LogP contribution in [0.5, 0.6) is 0 Å². The van der Waals surface area contributed by atoms with Gasteiger partial charge in [0.25, 0.3) is 0 Å². The molecule has 2 saturated heterocycles. The SMILES string of the molecule is O=C(N[C@H]1CCS(=O)(=O)C1)[C@@H]1CCCN(Cc2cccc(F)c2)C1.